The maximum absolute atomic E-state index is 13.7. The van der Waals surface area contributed by atoms with Gasteiger partial charge in [-0.3, -0.25) is 9.59 Å². The molecule has 210 valence electrons. The SMILES string of the molecule is Cc1nc(/C=C(\Cl)C2CC3OC3(C)CCCC(C)C(O)C(CC3=CO3)C(=O)C(C)(C)C(O)CC(=O)O2)cs1. The Morgan fingerprint density at radius 3 is 2.63 bits per heavy atom. The quantitative estimate of drug-likeness (QED) is 0.389. The van der Waals surface area contributed by atoms with Gasteiger partial charge in [0.05, 0.1) is 57.4 Å². The number of carbonyl (C=O) groups is 2. The molecule has 0 spiro atoms. The van der Waals surface area contributed by atoms with Gasteiger partial charge in [0.15, 0.2) is 0 Å². The van der Waals surface area contributed by atoms with Crippen molar-refractivity contribution >= 4 is 40.8 Å². The number of thiazole rings is 1. The van der Waals surface area contributed by atoms with E-state index in [4.69, 9.17) is 25.8 Å². The Morgan fingerprint density at radius 1 is 1.29 bits per heavy atom. The number of aliphatic hydroxyl groups excluding tert-OH is 2. The summed E-state index contributed by atoms with van der Waals surface area (Å²) in [6.45, 7) is 9.06. The summed E-state index contributed by atoms with van der Waals surface area (Å²) in [7, 11) is 0. The zero-order chi connectivity index (χ0) is 27.8. The maximum Gasteiger partial charge on any atom is 0.309 e. The van der Waals surface area contributed by atoms with Gasteiger partial charge in [0.1, 0.15) is 23.9 Å². The van der Waals surface area contributed by atoms with Gasteiger partial charge in [0.25, 0.3) is 0 Å². The molecule has 2 saturated heterocycles. The number of hydrogen-bond donors (Lipinski definition) is 2. The average molecular weight is 568 g/mol. The number of esters is 1. The van der Waals surface area contributed by atoms with Crippen molar-refractivity contribution < 1.29 is 34.0 Å². The molecule has 10 heteroatoms. The number of ether oxygens (including phenoxy) is 3. The van der Waals surface area contributed by atoms with Crippen LogP contribution in [0.1, 0.15) is 76.9 Å². The van der Waals surface area contributed by atoms with Crippen LogP contribution < -0.4 is 0 Å². The Balaban J connectivity index is 1.58. The van der Waals surface area contributed by atoms with Crippen LogP contribution in [0, 0.1) is 24.2 Å². The molecule has 0 radical (unpaired) electrons. The maximum atomic E-state index is 13.7. The number of ketones is 1. The van der Waals surface area contributed by atoms with Gasteiger partial charge >= 0.3 is 5.97 Å². The highest BCUT2D eigenvalue weighted by Crippen LogP contribution is 2.45. The van der Waals surface area contributed by atoms with E-state index in [-0.39, 0.29) is 29.8 Å². The molecule has 3 aliphatic heterocycles. The number of aromatic nitrogens is 1. The fourth-order valence-electron chi connectivity index (χ4n) is 5.23. The summed E-state index contributed by atoms with van der Waals surface area (Å²) < 4.78 is 17.0. The molecule has 4 heterocycles. The predicted octanol–water partition coefficient (Wildman–Crippen LogP) is 4.90. The van der Waals surface area contributed by atoms with Crippen molar-refractivity contribution in [3.63, 3.8) is 0 Å². The van der Waals surface area contributed by atoms with Crippen LogP contribution in [-0.2, 0) is 23.8 Å². The Hall–Kier alpha value is -1.78. The van der Waals surface area contributed by atoms with E-state index in [0.717, 1.165) is 17.8 Å². The van der Waals surface area contributed by atoms with E-state index in [1.54, 1.807) is 26.2 Å². The second-order valence-electron chi connectivity index (χ2n) is 11.6. The number of carbonyl (C=O) groups excluding carboxylic acids is 2. The van der Waals surface area contributed by atoms with Gasteiger partial charge in [-0.25, -0.2) is 4.98 Å². The summed E-state index contributed by atoms with van der Waals surface area (Å²) in [5.74, 6) is -1.25. The molecule has 8 nitrogen and oxygen atoms in total. The number of allylic oxidation sites excluding steroid dienone is 1. The van der Waals surface area contributed by atoms with Crippen molar-refractivity contribution in [1.29, 1.82) is 0 Å². The van der Waals surface area contributed by atoms with Crippen LogP contribution >= 0.6 is 22.9 Å². The van der Waals surface area contributed by atoms with Crippen molar-refractivity contribution in [1.82, 2.24) is 4.98 Å². The largest absolute Gasteiger partial charge is 0.463 e. The van der Waals surface area contributed by atoms with E-state index >= 15 is 0 Å². The summed E-state index contributed by atoms with van der Waals surface area (Å²) in [6.07, 6.45) is 2.59. The Kier molecular flexibility index (Phi) is 8.74. The lowest BCUT2D eigenvalue weighted by Gasteiger charge is -2.35. The van der Waals surface area contributed by atoms with Crippen molar-refractivity contribution in [3.8, 4) is 0 Å². The summed E-state index contributed by atoms with van der Waals surface area (Å²) in [5, 5.41) is 25.3. The van der Waals surface area contributed by atoms with E-state index in [9.17, 15) is 19.8 Å². The zero-order valence-electron chi connectivity index (χ0n) is 22.6. The van der Waals surface area contributed by atoms with E-state index in [1.165, 1.54) is 11.3 Å². The first-order valence-electron chi connectivity index (χ1n) is 13.2. The van der Waals surface area contributed by atoms with Gasteiger partial charge in [0.2, 0.25) is 0 Å². The summed E-state index contributed by atoms with van der Waals surface area (Å²) >= 11 is 8.15. The lowest BCUT2D eigenvalue weighted by molar-refractivity contribution is -0.154. The van der Waals surface area contributed by atoms with Crippen LogP contribution in [0.2, 0.25) is 0 Å². The van der Waals surface area contributed by atoms with Crippen LogP contribution in [0.5, 0.6) is 0 Å². The summed E-state index contributed by atoms with van der Waals surface area (Å²) in [4.78, 5) is 31.1. The molecular weight excluding hydrogens is 530 g/mol. The molecule has 0 saturated carbocycles. The third-order valence-corrected chi connectivity index (χ3v) is 9.31. The first-order chi connectivity index (χ1) is 17.8. The van der Waals surface area contributed by atoms with Crippen LogP contribution in [-0.4, -0.2) is 57.0 Å². The third kappa shape index (κ3) is 6.86. The van der Waals surface area contributed by atoms with Gasteiger partial charge < -0.3 is 24.4 Å². The number of hydrogen-bond acceptors (Lipinski definition) is 9. The lowest BCUT2D eigenvalue weighted by Crippen LogP contribution is -2.46. The molecule has 0 amide bonds. The highest BCUT2D eigenvalue weighted by atomic mass is 35.5. The minimum absolute atomic E-state index is 0.151. The number of cyclic esters (lactones) is 1. The van der Waals surface area contributed by atoms with E-state index < -0.39 is 42.0 Å². The molecule has 2 N–H and O–H groups in total. The number of rotatable bonds is 4. The minimum Gasteiger partial charge on any atom is -0.463 e. The second-order valence-corrected chi connectivity index (χ2v) is 13.1. The third-order valence-electron chi connectivity index (χ3n) is 8.17. The summed E-state index contributed by atoms with van der Waals surface area (Å²) in [6, 6.07) is 0. The van der Waals surface area contributed by atoms with Crippen LogP contribution in [0.25, 0.3) is 6.08 Å². The van der Waals surface area contributed by atoms with Gasteiger partial charge in [-0.05, 0) is 38.7 Å². The molecule has 7 unspecified atom stereocenters. The molecule has 0 aliphatic carbocycles. The monoisotopic (exact) mass is 567 g/mol. The molecule has 1 aromatic heterocycles. The first-order valence-corrected chi connectivity index (χ1v) is 14.5. The highest BCUT2D eigenvalue weighted by molar-refractivity contribution is 7.09. The fourth-order valence-corrected chi connectivity index (χ4v) is 6.04. The van der Waals surface area contributed by atoms with Gasteiger partial charge in [-0.1, -0.05) is 38.8 Å². The van der Waals surface area contributed by atoms with Crippen molar-refractivity contribution in [2.24, 2.45) is 17.3 Å². The van der Waals surface area contributed by atoms with Crippen molar-refractivity contribution in [2.45, 2.75) is 103 Å². The minimum atomic E-state index is -1.32. The molecule has 2 fully saturated rings. The molecular formula is C28H38ClNO7S. The molecule has 7 atom stereocenters. The Bertz CT molecular complexity index is 1110. The number of Topliss-reactive ketones (excluding diaryl/α,β-unsaturated/α-hetero) is 1. The highest BCUT2D eigenvalue weighted by Gasteiger charge is 2.53. The van der Waals surface area contributed by atoms with Gasteiger partial charge in [0, 0.05) is 18.2 Å². The number of aryl methyl sites for hydroxylation is 1. The van der Waals surface area contributed by atoms with Crippen LogP contribution in [0.15, 0.2) is 22.4 Å². The number of halogens is 1. The van der Waals surface area contributed by atoms with Gasteiger partial charge in [-0.2, -0.15) is 0 Å². The zero-order valence-corrected chi connectivity index (χ0v) is 24.2. The number of nitrogens with zero attached hydrogens (tertiary/aromatic N) is 1. The molecule has 0 bridgehead atoms. The number of epoxide rings is 1. The lowest BCUT2D eigenvalue weighted by atomic mass is 9.71. The molecule has 3 aliphatic rings. The molecule has 38 heavy (non-hydrogen) atoms. The smallest absolute Gasteiger partial charge is 0.309 e. The van der Waals surface area contributed by atoms with Crippen molar-refractivity contribution in [2.75, 3.05) is 0 Å². The normalized spacial score (nSPS) is 36.5. The first kappa shape index (κ1) is 29.2. The molecule has 4 rings (SSSR count). The van der Waals surface area contributed by atoms with E-state index in [0.29, 0.717) is 29.3 Å². The number of aliphatic hydroxyl groups is 2. The standard InChI is InChI=1S/C28H38ClNO7S/c1-15-7-6-8-28(5)23(37-28)11-21(20(29)9-17-14-38-16(2)30-17)36-24(32)12-22(31)27(3,4)26(34)19(25(15)33)10-18-13-35-18/h9,13-15,19,21-23,25,31,33H,6-8,10-12H2,1-5H3/b20-9-. The average Bonchev–Trinajstić information content (AvgIpc) is 3.74. The van der Waals surface area contributed by atoms with Gasteiger partial charge in [-0.15, -0.1) is 11.3 Å². The molecule has 1 aromatic rings. The topological polar surface area (TPSA) is 122 Å². The van der Waals surface area contributed by atoms with Crippen LogP contribution in [0.4, 0.5) is 0 Å². The predicted molar refractivity (Wildman–Crippen MR) is 144 cm³/mol. The van der Waals surface area contributed by atoms with Crippen molar-refractivity contribution in [3.05, 3.63) is 33.1 Å². The Labute approximate surface area is 233 Å². The number of fused-ring (bicyclic) bond motifs is 1. The molecule has 0 aromatic carbocycles. The summed E-state index contributed by atoms with van der Waals surface area (Å²) in [5.41, 5.74) is -1.01. The van der Waals surface area contributed by atoms with E-state index in [1.807, 2.05) is 26.2 Å². The second kappa shape index (κ2) is 11.4. The van der Waals surface area contributed by atoms with E-state index in [2.05, 4.69) is 4.98 Å². The van der Waals surface area contributed by atoms with Crippen LogP contribution in [0.3, 0.4) is 0 Å². The Morgan fingerprint density at radius 2 is 2.00 bits per heavy atom. The fraction of sp³-hybridized carbons (Fsp3) is 0.679.